The SMILES string of the molecule is O=C(NCCc1ccccc1)C1N(Cc2ccc(F)cc2)C(=O)[C@H]2CC3CCC12N3Cc1ccc(O)cc1. The maximum atomic E-state index is 14.0. The zero-order valence-electron chi connectivity index (χ0n) is 21.2. The average molecular weight is 514 g/mol. The quantitative estimate of drug-likeness (QED) is 0.477. The van der Waals surface area contributed by atoms with Crippen LogP contribution in [0.25, 0.3) is 0 Å². The zero-order chi connectivity index (χ0) is 26.3. The maximum Gasteiger partial charge on any atom is 0.244 e. The highest BCUT2D eigenvalue weighted by atomic mass is 19.1. The number of halogens is 1. The van der Waals surface area contributed by atoms with Gasteiger partial charge in [0.25, 0.3) is 0 Å². The van der Waals surface area contributed by atoms with Gasteiger partial charge in [0.1, 0.15) is 17.6 Å². The molecule has 0 aromatic heterocycles. The number of benzene rings is 3. The van der Waals surface area contributed by atoms with E-state index in [1.807, 2.05) is 42.5 Å². The molecule has 4 atom stereocenters. The summed E-state index contributed by atoms with van der Waals surface area (Å²) in [4.78, 5) is 32.0. The van der Waals surface area contributed by atoms with Gasteiger partial charge in [-0.15, -0.1) is 0 Å². The summed E-state index contributed by atoms with van der Waals surface area (Å²) in [5, 5.41) is 12.9. The molecule has 0 aliphatic carbocycles. The molecule has 3 saturated heterocycles. The minimum absolute atomic E-state index is 0.00967. The van der Waals surface area contributed by atoms with Crippen molar-refractivity contribution in [1.82, 2.24) is 15.1 Å². The predicted octanol–water partition coefficient (Wildman–Crippen LogP) is 4.02. The molecular weight excluding hydrogens is 481 g/mol. The lowest BCUT2D eigenvalue weighted by Gasteiger charge is -2.40. The molecule has 0 radical (unpaired) electrons. The summed E-state index contributed by atoms with van der Waals surface area (Å²) in [5.41, 5.74) is 2.40. The fraction of sp³-hybridized carbons (Fsp3) is 0.355. The highest BCUT2D eigenvalue weighted by molar-refractivity contribution is 5.96. The minimum atomic E-state index is -0.634. The average Bonchev–Trinajstić information content (AvgIpc) is 3.51. The van der Waals surface area contributed by atoms with Crippen molar-refractivity contribution in [2.24, 2.45) is 5.92 Å². The Bertz CT molecular complexity index is 1310. The van der Waals surface area contributed by atoms with Crippen molar-refractivity contribution < 1.29 is 19.1 Å². The van der Waals surface area contributed by atoms with Gasteiger partial charge >= 0.3 is 0 Å². The van der Waals surface area contributed by atoms with E-state index in [0.717, 1.165) is 36.0 Å². The van der Waals surface area contributed by atoms with Crippen molar-refractivity contribution in [3.05, 3.63) is 101 Å². The van der Waals surface area contributed by atoms with Gasteiger partial charge in [0.2, 0.25) is 11.8 Å². The van der Waals surface area contributed by atoms with Crippen molar-refractivity contribution in [2.75, 3.05) is 6.54 Å². The van der Waals surface area contributed by atoms with Crippen LogP contribution >= 0.6 is 0 Å². The van der Waals surface area contributed by atoms with E-state index in [1.54, 1.807) is 29.2 Å². The molecule has 3 aliphatic heterocycles. The van der Waals surface area contributed by atoms with Crippen LogP contribution in [0.2, 0.25) is 0 Å². The van der Waals surface area contributed by atoms with Crippen molar-refractivity contribution in [1.29, 1.82) is 0 Å². The molecular formula is C31H32FN3O3. The molecule has 196 valence electrons. The van der Waals surface area contributed by atoms with Crippen LogP contribution < -0.4 is 5.32 Å². The molecule has 2 amide bonds. The van der Waals surface area contributed by atoms with E-state index in [9.17, 15) is 19.1 Å². The number of likely N-dealkylation sites (tertiary alicyclic amines) is 1. The first kappa shape index (κ1) is 24.6. The number of fused-ring (bicyclic) bond motifs is 1. The molecule has 2 N–H and O–H groups in total. The lowest BCUT2D eigenvalue weighted by molar-refractivity contribution is -0.138. The van der Waals surface area contributed by atoms with Crippen LogP contribution in [0.5, 0.6) is 5.75 Å². The first-order valence-corrected chi connectivity index (χ1v) is 13.4. The number of phenols is 1. The Balaban J connectivity index is 1.30. The van der Waals surface area contributed by atoms with Gasteiger partial charge in [0.15, 0.2) is 0 Å². The van der Waals surface area contributed by atoms with E-state index in [1.165, 1.54) is 12.1 Å². The molecule has 7 heteroatoms. The molecule has 3 fully saturated rings. The van der Waals surface area contributed by atoms with E-state index in [4.69, 9.17) is 0 Å². The molecule has 0 saturated carbocycles. The molecule has 3 aromatic carbocycles. The molecule has 3 unspecified atom stereocenters. The summed E-state index contributed by atoms with van der Waals surface area (Å²) >= 11 is 0. The number of carbonyl (C=O) groups is 2. The Hall–Kier alpha value is -3.71. The van der Waals surface area contributed by atoms with Gasteiger partial charge in [-0.1, -0.05) is 54.6 Å². The van der Waals surface area contributed by atoms with Crippen LogP contribution in [0.3, 0.4) is 0 Å². The normalized spacial score (nSPS) is 26.1. The molecule has 3 heterocycles. The second kappa shape index (κ2) is 9.87. The summed E-state index contributed by atoms with van der Waals surface area (Å²) in [6, 6.07) is 23.0. The third-order valence-corrected chi connectivity index (χ3v) is 8.69. The van der Waals surface area contributed by atoms with Gasteiger partial charge in [0.05, 0.1) is 11.5 Å². The first-order chi connectivity index (χ1) is 18.5. The van der Waals surface area contributed by atoms with Gasteiger partial charge in [-0.05, 0) is 66.6 Å². The monoisotopic (exact) mass is 513 g/mol. The fourth-order valence-corrected chi connectivity index (χ4v) is 7.00. The second-order valence-electron chi connectivity index (χ2n) is 10.8. The molecule has 3 aliphatic rings. The number of hydrogen-bond donors (Lipinski definition) is 2. The Kier molecular flexibility index (Phi) is 6.40. The summed E-state index contributed by atoms with van der Waals surface area (Å²) < 4.78 is 13.6. The smallest absolute Gasteiger partial charge is 0.244 e. The summed E-state index contributed by atoms with van der Waals surface area (Å²) in [6.45, 7) is 1.37. The Morgan fingerprint density at radius 2 is 1.63 bits per heavy atom. The Labute approximate surface area is 222 Å². The van der Waals surface area contributed by atoms with Crippen molar-refractivity contribution in [2.45, 2.75) is 56.4 Å². The van der Waals surface area contributed by atoms with E-state index in [0.29, 0.717) is 19.5 Å². The van der Waals surface area contributed by atoms with Crippen LogP contribution in [-0.2, 0) is 29.1 Å². The lowest BCUT2D eigenvalue weighted by atomic mass is 9.75. The van der Waals surface area contributed by atoms with E-state index in [2.05, 4.69) is 10.2 Å². The number of nitrogens with one attached hydrogen (secondary N) is 1. The number of rotatable bonds is 8. The third kappa shape index (κ3) is 4.25. The zero-order valence-corrected chi connectivity index (χ0v) is 21.2. The second-order valence-corrected chi connectivity index (χ2v) is 10.8. The number of aromatic hydroxyl groups is 1. The molecule has 3 aromatic rings. The maximum absolute atomic E-state index is 14.0. The molecule has 1 spiro atoms. The number of carbonyl (C=O) groups excluding carboxylic acids is 2. The predicted molar refractivity (Wildman–Crippen MR) is 141 cm³/mol. The van der Waals surface area contributed by atoms with Gasteiger partial charge in [-0.25, -0.2) is 4.39 Å². The molecule has 2 bridgehead atoms. The van der Waals surface area contributed by atoms with Crippen molar-refractivity contribution in [3.63, 3.8) is 0 Å². The molecule has 38 heavy (non-hydrogen) atoms. The largest absolute Gasteiger partial charge is 0.508 e. The third-order valence-electron chi connectivity index (χ3n) is 8.69. The summed E-state index contributed by atoms with van der Waals surface area (Å²) in [7, 11) is 0. The standard InChI is InChI=1S/C31H32FN3O3/c32-24-10-6-22(7-11-24)19-34-28(29(37)33-17-15-21-4-2-1-3-5-21)31-16-14-25(18-27(31)30(34)38)35(31)20-23-8-12-26(36)13-9-23/h1-13,25,27-28,36H,14-20H2,(H,33,37)/t25?,27-,28?,31?/m1/s1. The Morgan fingerprint density at radius 3 is 2.37 bits per heavy atom. The van der Waals surface area contributed by atoms with Gasteiger partial charge in [0, 0.05) is 25.7 Å². The number of nitrogens with zero attached hydrogens (tertiary/aromatic N) is 2. The highest BCUT2D eigenvalue weighted by Gasteiger charge is 2.71. The van der Waals surface area contributed by atoms with Crippen LogP contribution in [0.1, 0.15) is 36.0 Å². The van der Waals surface area contributed by atoms with Gasteiger partial charge in [-0.2, -0.15) is 0 Å². The molecule has 6 nitrogen and oxygen atoms in total. The van der Waals surface area contributed by atoms with Crippen LogP contribution in [-0.4, -0.2) is 50.9 Å². The Morgan fingerprint density at radius 1 is 0.947 bits per heavy atom. The number of hydrogen-bond acceptors (Lipinski definition) is 4. The van der Waals surface area contributed by atoms with Crippen molar-refractivity contribution >= 4 is 11.8 Å². The topological polar surface area (TPSA) is 72.9 Å². The van der Waals surface area contributed by atoms with Crippen LogP contribution in [0, 0.1) is 11.7 Å². The fourth-order valence-electron chi connectivity index (χ4n) is 7.00. The van der Waals surface area contributed by atoms with E-state index >= 15 is 0 Å². The minimum Gasteiger partial charge on any atom is -0.508 e. The molecule has 6 rings (SSSR count). The van der Waals surface area contributed by atoms with Crippen LogP contribution in [0.4, 0.5) is 4.39 Å². The van der Waals surface area contributed by atoms with Crippen LogP contribution in [0.15, 0.2) is 78.9 Å². The summed E-state index contributed by atoms with van der Waals surface area (Å²) in [6.07, 6.45) is 3.18. The highest BCUT2D eigenvalue weighted by Crippen LogP contribution is 2.58. The number of amides is 2. The van der Waals surface area contributed by atoms with Gasteiger partial charge < -0.3 is 15.3 Å². The van der Waals surface area contributed by atoms with Gasteiger partial charge in [-0.3, -0.25) is 14.5 Å². The summed E-state index contributed by atoms with van der Waals surface area (Å²) in [5.74, 6) is -0.478. The number of phenolic OH excluding ortho intramolecular Hbond substituents is 1. The van der Waals surface area contributed by atoms with E-state index in [-0.39, 0.29) is 41.9 Å². The lowest BCUT2D eigenvalue weighted by Crippen LogP contribution is -2.60. The van der Waals surface area contributed by atoms with E-state index < -0.39 is 11.6 Å². The first-order valence-electron chi connectivity index (χ1n) is 13.4. The van der Waals surface area contributed by atoms with Crippen molar-refractivity contribution in [3.8, 4) is 5.75 Å².